The molecule has 0 aliphatic rings. The molecule has 9 nitrogen and oxygen atoms in total. The first kappa shape index (κ1) is 20.9. The Labute approximate surface area is 182 Å². The number of hydrogen-bond acceptors (Lipinski definition) is 8. The molecule has 0 radical (unpaired) electrons. The fraction of sp³-hybridized carbons (Fsp3) is 0.130. The van der Waals surface area contributed by atoms with Crippen molar-refractivity contribution in [2.45, 2.75) is 6.04 Å². The molecule has 162 valence electrons. The SMILES string of the molecule is CN(C)C(=O)c1cccc(Nc2c(NC(c3ccccc3)c3ccno3)c(=O)c2=O)c1O. The molecular weight excluding hydrogens is 412 g/mol. The van der Waals surface area contributed by atoms with E-state index in [9.17, 15) is 19.5 Å². The number of aromatic hydroxyl groups is 1. The van der Waals surface area contributed by atoms with Gasteiger partial charge in [0.1, 0.15) is 17.4 Å². The van der Waals surface area contributed by atoms with Gasteiger partial charge in [0.2, 0.25) is 0 Å². The molecule has 0 aliphatic carbocycles. The van der Waals surface area contributed by atoms with E-state index in [0.29, 0.717) is 5.76 Å². The lowest BCUT2D eigenvalue weighted by atomic mass is 10.0. The first-order chi connectivity index (χ1) is 15.4. The van der Waals surface area contributed by atoms with Gasteiger partial charge < -0.3 is 25.2 Å². The smallest absolute Gasteiger partial charge is 0.257 e. The van der Waals surface area contributed by atoms with Gasteiger partial charge in [-0.1, -0.05) is 41.6 Å². The highest BCUT2D eigenvalue weighted by Crippen LogP contribution is 2.34. The summed E-state index contributed by atoms with van der Waals surface area (Å²) < 4.78 is 5.28. The fourth-order valence-corrected chi connectivity index (χ4v) is 3.32. The van der Waals surface area contributed by atoms with E-state index < -0.39 is 22.8 Å². The number of aromatic nitrogens is 1. The predicted octanol–water partition coefficient (Wildman–Crippen LogP) is 2.62. The zero-order chi connectivity index (χ0) is 22.8. The summed E-state index contributed by atoms with van der Waals surface area (Å²) in [6, 6.07) is 14.9. The lowest BCUT2D eigenvalue weighted by molar-refractivity contribution is 0.0824. The van der Waals surface area contributed by atoms with Crippen LogP contribution in [0.3, 0.4) is 0 Å². The normalized spacial score (nSPS) is 11.8. The minimum absolute atomic E-state index is 0.0137. The van der Waals surface area contributed by atoms with Gasteiger partial charge in [-0.25, -0.2) is 0 Å². The van der Waals surface area contributed by atoms with Crippen LogP contribution in [0.2, 0.25) is 0 Å². The Morgan fingerprint density at radius 2 is 1.72 bits per heavy atom. The number of phenols is 1. The topological polar surface area (TPSA) is 125 Å². The molecule has 1 heterocycles. The number of amides is 1. The van der Waals surface area contributed by atoms with E-state index in [1.165, 1.54) is 23.2 Å². The molecule has 3 aromatic carbocycles. The number of carbonyl (C=O) groups is 1. The van der Waals surface area contributed by atoms with Crippen LogP contribution in [-0.4, -0.2) is 35.2 Å². The molecule has 1 amide bonds. The number of nitrogens with one attached hydrogen (secondary N) is 2. The molecule has 9 heteroatoms. The molecule has 0 bridgehead atoms. The van der Waals surface area contributed by atoms with Crippen molar-refractivity contribution in [3.05, 3.63) is 98.1 Å². The molecule has 4 aromatic rings. The van der Waals surface area contributed by atoms with Crippen LogP contribution in [0.25, 0.3) is 0 Å². The van der Waals surface area contributed by atoms with Crippen molar-refractivity contribution >= 4 is 23.0 Å². The molecule has 32 heavy (non-hydrogen) atoms. The molecule has 0 saturated carbocycles. The summed E-state index contributed by atoms with van der Waals surface area (Å²) in [5.74, 6) is -0.263. The summed E-state index contributed by atoms with van der Waals surface area (Å²) in [6.07, 6.45) is 1.49. The maximum Gasteiger partial charge on any atom is 0.257 e. The van der Waals surface area contributed by atoms with E-state index in [1.807, 2.05) is 30.3 Å². The fourth-order valence-electron chi connectivity index (χ4n) is 3.32. The Bertz CT molecular complexity index is 1320. The minimum Gasteiger partial charge on any atom is -0.505 e. The van der Waals surface area contributed by atoms with Crippen LogP contribution in [0.1, 0.15) is 27.7 Å². The van der Waals surface area contributed by atoms with Gasteiger partial charge in [0.05, 0.1) is 17.4 Å². The number of benzene rings is 2. The molecule has 1 aromatic heterocycles. The van der Waals surface area contributed by atoms with Crippen molar-refractivity contribution in [3.63, 3.8) is 0 Å². The van der Waals surface area contributed by atoms with Gasteiger partial charge in [0, 0.05) is 20.2 Å². The van der Waals surface area contributed by atoms with Crippen LogP contribution in [0.4, 0.5) is 17.1 Å². The molecule has 4 rings (SSSR count). The molecule has 0 spiro atoms. The van der Waals surface area contributed by atoms with Crippen molar-refractivity contribution in [1.29, 1.82) is 0 Å². The highest BCUT2D eigenvalue weighted by atomic mass is 16.5. The second kappa shape index (κ2) is 8.38. The lowest BCUT2D eigenvalue weighted by Crippen LogP contribution is -2.37. The summed E-state index contributed by atoms with van der Waals surface area (Å²) in [5, 5.41) is 20.1. The largest absolute Gasteiger partial charge is 0.505 e. The van der Waals surface area contributed by atoms with Gasteiger partial charge in [0.25, 0.3) is 16.8 Å². The van der Waals surface area contributed by atoms with Crippen LogP contribution in [0, 0.1) is 0 Å². The number of hydrogen-bond donors (Lipinski definition) is 3. The van der Waals surface area contributed by atoms with Crippen LogP contribution in [-0.2, 0) is 0 Å². The van der Waals surface area contributed by atoms with Gasteiger partial charge in [-0.2, -0.15) is 0 Å². The van der Waals surface area contributed by atoms with Gasteiger partial charge in [-0.05, 0) is 17.7 Å². The van der Waals surface area contributed by atoms with Crippen molar-refractivity contribution in [1.82, 2.24) is 10.1 Å². The van der Waals surface area contributed by atoms with Gasteiger partial charge in [-0.3, -0.25) is 14.4 Å². The molecule has 1 unspecified atom stereocenters. The quantitative estimate of drug-likeness (QED) is 0.301. The Morgan fingerprint density at radius 1 is 1.00 bits per heavy atom. The number of rotatable bonds is 7. The average molecular weight is 432 g/mol. The molecule has 1 atom stereocenters. The van der Waals surface area contributed by atoms with E-state index in [4.69, 9.17) is 4.52 Å². The number of carbonyl (C=O) groups excluding carboxylic acids is 1. The molecule has 0 aliphatic heterocycles. The first-order valence-electron chi connectivity index (χ1n) is 9.74. The Hall–Kier alpha value is -4.40. The van der Waals surface area contributed by atoms with Crippen molar-refractivity contribution in [2.24, 2.45) is 0 Å². The maximum atomic E-state index is 12.4. The van der Waals surface area contributed by atoms with E-state index >= 15 is 0 Å². The van der Waals surface area contributed by atoms with Gasteiger partial charge in [-0.15, -0.1) is 0 Å². The van der Waals surface area contributed by atoms with Crippen molar-refractivity contribution in [2.75, 3.05) is 24.7 Å². The predicted molar refractivity (Wildman–Crippen MR) is 119 cm³/mol. The summed E-state index contributed by atoms with van der Waals surface area (Å²) in [5.41, 5.74) is -0.414. The number of phenolic OH excluding ortho intramolecular Hbond substituents is 1. The molecule has 0 fully saturated rings. The summed E-state index contributed by atoms with van der Waals surface area (Å²) >= 11 is 0. The van der Waals surface area contributed by atoms with Crippen LogP contribution in [0.5, 0.6) is 5.75 Å². The highest BCUT2D eigenvalue weighted by Gasteiger charge is 2.27. The number of anilines is 3. The summed E-state index contributed by atoms with van der Waals surface area (Å²) in [6.45, 7) is 0. The third kappa shape index (κ3) is 3.71. The molecule has 0 saturated heterocycles. The minimum atomic E-state index is -0.736. The third-order valence-corrected chi connectivity index (χ3v) is 5.01. The van der Waals surface area contributed by atoms with E-state index in [0.717, 1.165) is 5.56 Å². The van der Waals surface area contributed by atoms with Crippen molar-refractivity contribution in [3.8, 4) is 5.75 Å². The number of nitrogens with zero attached hydrogens (tertiary/aromatic N) is 2. The second-order valence-electron chi connectivity index (χ2n) is 7.34. The number of para-hydroxylation sites is 1. The lowest BCUT2D eigenvalue weighted by Gasteiger charge is -2.22. The molecule has 3 N–H and O–H groups in total. The van der Waals surface area contributed by atoms with Gasteiger partial charge in [0.15, 0.2) is 11.5 Å². The second-order valence-corrected chi connectivity index (χ2v) is 7.34. The molecular formula is C23H20N4O5. The standard InChI is InChI=1S/C23H20N4O5/c1-27(2)23(31)14-9-6-10-15(20(14)28)25-18-19(22(30)21(18)29)26-17(16-11-12-24-32-16)13-7-4-3-5-8-13/h3-12,17,25-26,28H,1-2H3. The van der Waals surface area contributed by atoms with E-state index in [-0.39, 0.29) is 28.4 Å². The summed E-state index contributed by atoms with van der Waals surface area (Å²) in [4.78, 5) is 38.3. The average Bonchev–Trinajstić information content (AvgIpc) is 3.34. The first-order valence-corrected chi connectivity index (χ1v) is 9.74. The maximum absolute atomic E-state index is 12.4. The zero-order valence-corrected chi connectivity index (χ0v) is 17.3. The van der Waals surface area contributed by atoms with Crippen LogP contribution in [0.15, 0.2) is 74.9 Å². The van der Waals surface area contributed by atoms with E-state index in [2.05, 4.69) is 15.8 Å². The van der Waals surface area contributed by atoms with Gasteiger partial charge >= 0.3 is 0 Å². The Morgan fingerprint density at radius 3 is 2.38 bits per heavy atom. The Balaban J connectivity index is 1.68. The monoisotopic (exact) mass is 432 g/mol. The summed E-state index contributed by atoms with van der Waals surface area (Å²) in [7, 11) is 3.13. The van der Waals surface area contributed by atoms with Crippen molar-refractivity contribution < 1.29 is 14.4 Å². The highest BCUT2D eigenvalue weighted by molar-refractivity contribution is 5.99. The third-order valence-electron chi connectivity index (χ3n) is 5.01. The van der Waals surface area contributed by atoms with Crippen LogP contribution >= 0.6 is 0 Å². The van der Waals surface area contributed by atoms with Crippen LogP contribution < -0.4 is 21.5 Å². The zero-order valence-electron chi connectivity index (χ0n) is 17.3. The van der Waals surface area contributed by atoms with E-state index in [1.54, 1.807) is 26.2 Å². The Kier molecular flexibility index (Phi) is 5.46.